The summed E-state index contributed by atoms with van der Waals surface area (Å²) in [5.74, 6) is 1.63. The van der Waals surface area contributed by atoms with Crippen LogP contribution in [0.3, 0.4) is 0 Å². The number of benzene rings is 3. The predicted octanol–water partition coefficient (Wildman–Crippen LogP) is 6.82. The topological polar surface area (TPSA) is 90.3 Å². The first kappa shape index (κ1) is 28.2. The summed E-state index contributed by atoms with van der Waals surface area (Å²) in [4.78, 5) is 18.5. The van der Waals surface area contributed by atoms with Crippen molar-refractivity contribution in [3.63, 3.8) is 0 Å². The van der Waals surface area contributed by atoms with Crippen molar-refractivity contribution in [1.82, 2.24) is 14.8 Å². The van der Waals surface area contributed by atoms with Crippen LogP contribution < -0.4 is 20.1 Å². The van der Waals surface area contributed by atoms with Gasteiger partial charge < -0.3 is 20.1 Å². The Morgan fingerprint density at radius 1 is 1.10 bits per heavy atom. The lowest BCUT2D eigenvalue weighted by Crippen LogP contribution is -2.31. The van der Waals surface area contributed by atoms with Crippen LogP contribution in [0.15, 0.2) is 89.2 Å². The van der Waals surface area contributed by atoms with Gasteiger partial charge in [0.05, 0.1) is 25.0 Å². The van der Waals surface area contributed by atoms with Gasteiger partial charge in [0.2, 0.25) is 11.1 Å². The number of hydrogen-bond acceptors (Lipinski definition) is 7. The quantitative estimate of drug-likeness (QED) is 0.150. The van der Waals surface area contributed by atoms with E-state index in [0.717, 1.165) is 24.2 Å². The first-order chi connectivity index (χ1) is 20.0. The van der Waals surface area contributed by atoms with Crippen molar-refractivity contribution in [1.29, 1.82) is 0 Å². The molecule has 1 aromatic heterocycles. The molecule has 5 rings (SSSR count). The molecule has 2 heterocycles. The summed E-state index contributed by atoms with van der Waals surface area (Å²) in [6.45, 7) is 4.61. The molecule has 0 aliphatic carbocycles. The zero-order valence-electron chi connectivity index (χ0n) is 23.2. The average Bonchev–Trinajstić information content (AvgIpc) is 3.39. The largest absolute Gasteiger partial charge is 0.495 e. The van der Waals surface area contributed by atoms with E-state index >= 15 is 0 Å². The highest BCUT2D eigenvalue weighted by Crippen LogP contribution is 2.38. The first-order valence-electron chi connectivity index (χ1n) is 13.5. The fourth-order valence-corrected chi connectivity index (χ4v) is 5.39. The Morgan fingerprint density at radius 2 is 1.85 bits per heavy atom. The monoisotopic (exact) mass is 573 g/mol. The molecular formula is C31H32FN5O3S. The average molecular weight is 574 g/mol. The maximum atomic E-state index is 14.2. The highest BCUT2D eigenvalue weighted by molar-refractivity contribution is 7.98. The number of allylic oxidation sites excluding steroid dienone is 1. The van der Waals surface area contributed by atoms with Gasteiger partial charge in [-0.25, -0.2) is 9.07 Å². The van der Waals surface area contributed by atoms with Crippen molar-refractivity contribution >= 4 is 29.3 Å². The van der Waals surface area contributed by atoms with Crippen LogP contribution in [0.4, 0.5) is 16.0 Å². The number of rotatable bonds is 11. The van der Waals surface area contributed by atoms with Gasteiger partial charge in [0, 0.05) is 11.4 Å². The number of halogens is 1. The lowest BCUT2D eigenvalue weighted by atomic mass is 9.95. The van der Waals surface area contributed by atoms with Crippen molar-refractivity contribution in [2.75, 3.05) is 24.4 Å². The van der Waals surface area contributed by atoms with E-state index in [2.05, 4.69) is 22.5 Å². The van der Waals surface area contributed by atoms with Crippen LogP contribution in [0.25, 0.3) is 0 Å². The molecule has 41 heavy (non-hydrogen) atoms. The Morgan fingerprint density at radius 3 is 2.61 bits per heavy atom. The molecule has 1 atom stereocenters. The maximum absolute atomic E-state index is 14.2. The van der Waals surface area contributed by atoms with Crippen molar-refractivity contribution < 1.29 is 18.7 Å². The van der Waals surface area contributed by atoms with Gasteiger partial charge in [-0.2, -0.15) is 4.98 Å². The number of ether oxygens (including phenoxy) is 2. The number of carbonyl (C=O) groups is 1. The molecule has 212 valence electrons. The number of unbranched alkanes of at least 4 members (excludes halogenated alkanes) is 1. The Kier molecular flexibility index (Phi) is 8.88. The van der Waals surface area contributed by atoms with Crippen molar-refractivity contribution in [2.45, 2.75) is 43.6 Å². The van der Waals surface area contributed by atoms with E-state index in [9.17, 15) is 9.18 Å². The lowest BCUT2D eigenvalue weighted by molar-refractivity contribution is -0.113. The van der Waals surface area contributed by atoms with E-state index in [1.165, 1.54) is 17.8 Å². The molecule has 1 aliphatic rings. The molecule has 1 aliphatic heterocycles. The molecule has 0 fully saturated rings. The second-order valence-electron chi connectivity index (χ2n) is 9.53. The number of nitrogens with one attached hydrogen (secondary N) is 2. The summed E-state index contributed by atoms with van der Waals surface area (Å²) in [6.07, 6.45) is 2.02. The van der Waals surface area contributed by atoms with Crippen LogP contribution in [0.2, 0.25) is 0 Å². The van der Waals surface area contributed by atoms with E-state index in [1.807, 2.05) is 43.3 Å². The number of thioether (sulfide) groups is 1. The third kappa shape index (κ3) is 6.38. The fraction of sp³-hybridized carbons (Fsp3) is 0.258. The minimum atomic E-state index is -0.569. The molecule has 0 saturated carbocycles. The Hall–Kier alpha value is -4.31. The maximum Gasteiger partial charge on any atom is 0.255 e. The summed E-state index contributed by atoms with van der Waals surface area (Å²) in [5, 5.41) is 11.5. The number of anilines is 2. The van der Waals surface area contributed by atoms with Crippen LogP contribution in [-0.2, 0) is 10.5 Å². The molecule has 10 heteroatoms. The van der Waals surface area contributed by atoms with Gasteiger partial charge in [0.25, 0.3) is 5.91 Å². The molecule has 8 nitrogen and oxygen atoms in total. The molecular weight excluding hydrogens is 541 g/mol. The van der Waals surface area contributed by atoms with Crippen LogP contribution in [0, 0.1) is 5.82 Å². The Bertz CT molecular complexity index is 1550. The molecule has 3 aromatic carbocycles. The predicted molar refractivity (Wildman–Crippen MR) is 159 cm³/mol. The minimum Gasteiger partial charge on any atom is -0.495 e. The van der Waals surface area contributed by atoms with Crippen molar-refractivity contribution in [2.24, 2.45) is 0 Å². The SMILES string of the molecule is CCCCOc1ccc(C2C(C(=O)Nc3ccccc3OC)=C(C)Nc3nc(SCc4ccccc4F)nn32)cc1. The summed E-state index contributed by atoms with van der Waals surface area (Å²) in [5.41, 5.74) is 3.11. The molecule has 4 aromatic rings. The van der Waals surface area contributed by atoms with Gasteiger partial charge in [0.1, 0.15) is 23.4 Å². The zero-order chi connectivity index (χ0) is 28.8. The lowest BCUT2D eigenvalue weighted by Gasteiger charge is -2.29. The number of para-hydroxylation sites is 2. The molecule has 0 saturated heterocycles. The Balaban J connectivity index is 1.48. The highest BCUT2D eigenvalue weighted by atomic mass is 32.2. The molecule has 0 spiro atoms. The molecule has 0 radical (unpaired) electrons. The van der Waals surface area contributed by atoms with Crippen molar-refractivity contribution in [3.05, 3.63) is 101 Å². The summed E-state index contributed by atoms with van der Waals surface area (Å²) in [6, 6.07) is 21.0. The van der Waals surface area contributed by atoms with Gasteiger partial charge in [-0.15, -0.1) is 5.10 Å². The number of hydrogen-bond donors (Lipinski definition) is 2. The number of nitrogens with zero attached hydrogens (tertiary/aromatic N) is 3. The van der Waals surface area contributed by atoms with Gasteiger partial charge in [0.15, 0.2) is 0 Å². The van der Waals surface area contributed by atoms with E-state index in [-0.39, 0.29) is 11.7 Å². The second-order valence-corrected chi connectivity index (χ2v) is 10.5. The first-order valence-corrected chi connectivity index (χ1v) is 14.4. The van der Waals surface area contributed by atoms with E-state index in [0.29, 0.717) is 51.7 Å². The normalized spacial score (nSPS) is 14.3. The van der Waals surface area contributed by atoms with Gasteiger partial charge in [-0.1, -0.05) is 67.6 Å². The zero-order valence-corrected chi connectivity index (χ0v) is 24.0. The Labute approximate surface area is 243 Å². The summed E-state index contributed by atoms with van der Waals surface area (Å²) >= 11 is 1.33. The van der Waals surface area contributed by atoms with Crippen molar-refractivity contribution in [3.8, 4) is 11.5 Å². The minimum absolute atomic E-state index is 0.269. The third-order valence-corrected chi connectivity index (χ3v) is 7.60. The second kappa shape index (κ2) is 12.9. The van der Waals surface area contributed by atoms with Gasteiger partial charge in [-0.05, 0) is 54.8 Å². The smallest absolute Gasteiger partial charge is 0.255 e. The van der Waals surface area contributed by atoms with Crippen LogP contribution in [0.1, 0.15) is 43.9 Å². The highest BCUT2D eigenvalue weighted by Gasteiger charge is 2.34. The van der Waals surface area contributed by atoms with E-state index < -0.39 is 6.04 Å². The number of methoxy groups -OCH3 is 1. The third-order valence-electron chi connectivity index (χ3n) is 6.71. The number of amides is 1. The molecule has 0 bridgehead atoms. The number of fused-ring (bicyclic) bond motifs is 1. The number of carbonyl (C=O) groups excluding carboxylic acids is 1. The van der Waals surface area contributed by atoms with E-state index in [4.69, 9.17) is 14.6 Å². The van der Waals surface area contributed by atoms with Crippen LogP contribution >= 0.6 is 11.8 Å². The van der Waals surface area contributed by atoms with Gasteiger partial charge >= 0.3 is 0 Å². The van der Waals surface area contributed by atoms with E-state index in [1.54, 1.807) is 42.1 Å². The van der Waals surface area contributed by atoms with Gasteiger partial charge in [-0.3, -0.25) is 4.79 Å². The fourth-order valence-electron chi connectivity index (χ4n) is 4.57. The molecule has 2 N–H and O–H groups in total. The molecule has 1 unspecified atom stereocenters. The number of aromatic nitrogens is 3. The van der Waals surface area contributed by atoms with Crippen LogP contribution in [-0.4, -0.2) is 34.4 Å². The summed E-state index contributed by atoms with van der Waals surface area (Å²) in [7, 11) is 1.56. The van der Waals surface area contributed by atoms with Crippen LogP contribution in [0.5, 0.6) is 11.5 Å². The summed E-state index contributed by atoms with van der Waals surface area (Å²) < 4.78 is 27.2. The standard InChI is InChI=1S/C31H32FN5O3S/c1-4-5-18-40-23-16-14-21(15-17-23)28-27(29(38)34-25-12-8-9-13-26(25)39-3)20(2)33-30-35-31(36-37(28)30)41-19-22-10-6-7-11-24(22)32/h6-17,28H,4-5,18-19H2,1-3H3,(H,34,38)(H,33,35,36). The molecule has 1 amide bonds.